The van der Waals surface area contributed by atoms with Crippen LogP contribution in [0.15, 0.2) is 48.5 Å². The summed E-state index contributed by atoms with van der Waals surface area (Å²) < 4.78 is 16.6. The van der Waals surface area contributed by atoms with E-state index < -0.39 is 6.10 Å². The quantitative estimate of drug-likeness (QED) is 0.223. The minimum atomic E-state index is -0.690. The lowest BCUT2D eigenvalue weighted by molar-refractivity contribution is 0.0552. The van der Waals surface area contributed by atoms with Crippen LogP contribution in [0.25, 0.3) is 0 Å². The van der Waals surface area contributed by atoms with Gasteiger partial charge < -0.3 is 40.4 Å². The third-order valence-electron chi connectivity index (χ3n) is 4.16. The molecule has 0 aliphatic carbocycles. The molecule has 0 aromatic heterocycles. The van der Waals surface area contributed by atoms with Gasteiger partial charge in [-0.25, -0.2) is 4.79 Å². The van der Waals surface area contributed by atoms with Gasteiger partial charge in [-0.1, -0.05) is 0 Å². The standard InChI is InChI=1S/C23H33N3O6/c1-17(2)30-13-14-31-21-7-9-22(10-8-21)32-16-20(28)15-24-11-12-25-23(29)26-18-3-5-19(27)6-4-18/h3-10,17,20,24,27-28H,11-16H2,1-2H3,(H2,25,26,29). The molecule has 0 saturated heterocycles. The number of benzene rings is 2. The molecule has 0 aliphatic heterocycles. The van der Waals surface area contributed by atoms with Gasteiger partial charge in [0.15, 0.2) is 0 Å². The number of aromatic hydroxyl groups is 1. The molecule has 0 fully saturated rings. The summed E-state index contributed by atoms with van der Waals surface area (Å²) in [6.07, 6.45) is -0.507. The summed E-state index contributed by atoms with van der Waals surface area (Å²) in [6.45, 7) is 6.33. The Labute approximate surface area is 188 Å². The SMILES string of the molecule is CC(C)OCCOc1ccc(OCC(O)CNCCNC(=O)Nc2ccc(O)cc2)cc1. The Kier molecular flexibility index (Phi) is 11.1. The Morgan fingerprint density at radius 2 is 1.59 bits per heavy atom. The molecular weight excluding hydrogens is 414 g/mol. The van der Waals surface area contributed by atoms with E-state index in [1.165, 1.54) is 12.1 Å². The van der Waals surface area contributed by atoms with Crippen molar-refractivity contribution < 1.29 is 29.2 Å². The number of hydrogen-bond donors (Lipinski definition) is 5. The fourth-order valence-corrected chi connectivity index (χ4v) is 2.58. The lowest BCUT2D eigenvalue weighted by atomic mass is 10.3. The van der Waals surface area contributed by atoms with Crippen molar-refractivity contribution >= 4 is 11.7 Å². The Balaban J connectivity index is 1.52. The molecule has 5 N–H and O–H groups in total. The van der Waals surface area contributed by atoms with Crippen LogP contribution in [0.2, 0.25) is 0 Å². The summed E-state index contributed by atoms with van der Waals surface area (Å²) >= 11 is 0. The van der Waals surface area contributed by atoms with Crippen molar-refractivity contribution in [2.75, 3.05) is 44.8 Å². The Morgan fingerprint density at radius 1 is 0.938 bits per heavy atom. The number of amides is 2. The monoisotopic (exact) mass is 447 g/mol. The first-order valence-electron chi connectivity index (χ1n) is 10.6. The average molecular weight is 448 g/mol. The van der Waals surface area contributed by atoms with Gasteiger partial charge in [0.05, 0.1) is 12.7 Å². The van der Waals surface area contributed by atoms with E-state index in [9.17, 15) is 15.0 Å². The maximum absolute atomic E-state index is 11.8. The van der Waals surface area contributed by atoms with Gasteiger partial charge in [0, 0.05) is 25.3 Å². The van der Waals surface area contributed by atoms with Crippen molar-refractivity contribution in [3.63, 3.8) is 0 Å². The second-order valence-corrected chi connectivity index (χ2v) is 7.34. The highest BCUT2D eigenvalue weighted by atomic mass is 16.5. The molecule has 2 amide bonds. The third kappa shape index (κ3) is 10.9. The van der Waals surface area contributed by atoms with E-state index in [0.29, 0.717) is 44.3 Å². The highest BCUT2D eigenvalue weighted by molar-refractivity contribution is 5.89. The fraction of sp³-hybridized carbons (Fsp3) is 0.435. The predicted octanol–water partition coefficient (Wildman–Crippen LogP) is 2.35. The molecule has 1 atom stereocenters. The van der Waals surface area contributed by atoms with Crippen LogP contribution in [-0.4, -0.2) is 67.9 Å². The van der Waals surface area contributed by atoms with E-state index in [1.54, 1.807) is 24.3 Å². The zero-order chi connectivity index (χ0) is 23.2. The van der Waals surface area contributed by atoms with Crippen LogP contribution in [0, 0.1) is 0 Å². The minimum Gasteiger partial charge on any atom is -0.508 e. The number of aliphatic hydroxyl groups is 1. The minimum absolute atomic E-state index is 0.136. The number of rotatable bonds is 14. The van der Waals surface area contributed by atoms with Crippen LogP contribution in [0.3, 0.4) is 0 Å². The molecule has 0 saturated carbocycles. The maximum atomic E-state index is 11.8. The molecule has 0 aliphatic rings. The van der Waals surface area contributed by atoms with Crippen LogP contribution < -0.4 is 25.4 Å². The molecule has 9 nitrogen and oxygen atoms in total. The van der Waals surface area contributed by atoms with Crippen molar-refractivity contribution in [3.8, 4) is 17.2 Å². The van der Waals surface area contributed by atoms with E-state index in [4.69, 9.17) is 14.2 Å². The number of carbonyl (C=O) groups excluding carboxylic acids is 1. The number of aliphatic hydroxyl groups excluding tert-OH is 1. The van der Waals surface area contributed by atoms with Crippen molar-refractivity contribution in [1.82, 2.24) is 10.6 Å². The van der Waals surface area contributed by atoms with Crippen molar-refractivity contribution in [2.24, 2.45) is 0 Å². The van der Waals surface area contributed by atoms with E-state index in [0.717, 1.165) is 5.75 Å². The number of phenols is 1. The average Bonchev–Trinajstić information content (AvgIpc) is 2.77. The van der Waals surface area contributed by atoms with E-state index in [-0.39, 0.29) is 24.5 Å². The molecule has 176 valence electrons. The number of nitrogens with one attached hydrogen (secondary N) is 3. The molecule has 0 radical (unpaired) electrons. The van der Waals surface area contributed by atoms with Crippen molar-refractivity contribution in [2.45, 2.75) is 26.1 Å². The number of urea groups is 1. The second kappa shape index (κ2) is 14.1. The summed E-state index contributed by atoms with van der Waals surface area (Å²) in [7, 11) is 0. The van der Waals surface area contributed by atoms with Gasteiger partial charge in [0.25, 0.3) is 0 Å². The molecule has 0 heterocycles. The zero-order valence-electron chi connectivity index (χ0n) is 18.5. The van der Waals surface area contributed by atoms with Gasteiger partial charge in [-0.05, 0) is 62.4 Å². The summed E-state index contributed by atoms with van der Waals surface area (Å²) in [5.74, 6) is 1.51. The van der Waals surface area contributed by atoms with Crippen molar-refractivity contribution in [1.29, 1.82) is 0 Å². The first-order chi connectivity index (χ1) is 15.4. The first kappa shape index (κ1) is 25.3. The summed E-state index contributed by atoms with van der Waals surface area (Å²) in [6, 6.07) is 13.0. The number of hydrogen-bond acceptors (Lipinski definition) is 7. The molecule has 0 bridgehead atoms. The number of phenolic OH excluding ortho intramolecular Hbond substituents is 1. The number of carbonyl (C=O) groups is 1. The Hall–Kier alpha value is -3.01. The molecule has 9 heteroatoms. The lowest BCUT2D eigenvalue weighted by Crippen LogP contribution is -2.38. The van der Waals surface area contributed by atoms with E-state index in [2.05, 4.69) is 16.0 Å². The van der Waals surface area contributed by atoms with E-state index >= 15 is 0 Å². The molecule has 32 heavy (non-hydrogen) atoms. The number of ether oxygens (including phenoxy) is 3. The molecule has 2 rings (SSSR count). The van der Waals surface area contributed by atoms with E-state index in [1.807, 2.05) is 26.0 Å². The molecule has 2 aromatic carbocycles. The lowest BCUT2D eigenvalue weighted by Gasteiger charge is -2.14. The van der Waals surface area contributed by atoms with Crippen LogP contribution >= 0.6 is 0 Å². The van der Waals surface area contributed by atoms with Gasteiger partial charge >= 0.3 is 6.03 Å². The largest absolute Gasteiger partial charge is 0.508 e. The number of anilines is 1. The van der Waals surface area contributed by atoms with Gasteiger partial charge in [0.1, 0.15) is 36.6 Å². The normalized spacial score (nSPS) is 11.8. The summed E-state index contributed by atoms with van der Waals surface area (Å²) in [5.41, 5.74) is 0.584. The third-order valence-corrected chi connectivity index (χ3v) is 4.16. The second-order valence-electron chi connectivity index (χ2n) is 7.34. The van der Waals surface area contributed by atoms with Gasteiger partial charge in [0.2, 0.25) is 0 Å². The highest BCUT2D eigenvalue weighted by Crippen LogP contribution is 2.17. The highest BCUT2D eigenvalue weighted by Gasteiger charge is 2.06. The first-order valence-corrected chi connectivity index (χ1v) is 10.6. The van der Waals surface area contributed by atoms with Crippen LogP contribution in [0.4, 0.5) is 10.5 Å². The van der Waals surface area contributed by atoms with Gasteiger partial charge in [-0.3, -0.25) is 0 Å². The molecule has 1 unspecified atom stereocenters. The Morgan fingerprint density at radius 3 is 2.25 bits per heavy atom. The smallest absolute Gasteiger partial charge is 0.319 e. The van der Waals surface area contributed by atoms with Crippen LogP contribution in [-0.2, 0) is 4.74 Å². The predicted molar refractivity (Wildman–Crippen MR) is 123 cm³/mol. The van der Waals surface area contributed by atoms with Gasteiger partial charge in [-0.2, -0.15) is 0 Å². The van der Waals surface area contributed by atoms with Crippen LogP contribution in [0.1, 0.15) is 13.8 Å². The fourth-order valence-electron chi connectivity index (χ4n) is 2.58. The summed E-state index contributed by atoms with van der Waals surface area (Å²) in [5, 5.41) is 27.7. The molecular formula is C23H33N3O6. The molecule has 0 spiro atoms. The molecule has 2 aromatic rings. The summed E-state index contributed by atoms with van der Waals surface area (Å²) in [4.78, 5) is 11.8. The zero-order valence-corrected chi connectivity index (χ0v) is 18.5. The van der Waals surface area contributed by atoms with Gasteiger partial charge in [-0.15, -0.1) is 0 Å². The maximum Gasteiger partial charge on any atom is 0.319 e. The van der Waals surface area contributed by atoms with Crippen LogP contribution in [0.5, 0.6) is 17.2 Å². The Bertz CT molecular complexity index is 783. The topological polar surface area (TPSA) is 121 Å². The van der Waals surface area contributed by atoms with Crippen molar-refractivity contribution in [3.05, 3.63) is 48.5 Å².